The van der Waals surface area contributed by atoms with E-state index in [-0.39, 0.29) is 11.9 Å². The van der Waals surface area contributed by atoms with Gasteiger partial charge in [0.15, 0.2) is 0 Å². The minimum absolute atomic E-state index is 0.0264. The molecule has 0 radical (unpaired) electrons. The molecule has 14 heavy (non-hydrogen) atoms. The summed E-state index contributed by atoms with van der Waals surface area (Å²) in [6, 6.07) is 8.22. The number of carbonyl (C=O) groups excluding carboxylic acids is 1. The molecule has 1 aliphatic heterocycles. The van der Waals surface area contributed by atoms with Crippen molar-refractivity contribution in [1.29, 1.82) is 0 Å². The van der Waals surface area contributed by atoms with Gasteiger partial charge >= 0.3 is 5.97 Å². The van der Waals surface area contributed by atoms with Gasteiger partial charge in [-0.3, -0.25) is 4.79 Å². The predicted octanol–water partition coefficient (Wildman–Crippen LogP) is 2.28. The average molecular weight is 190 g/mol. The van der Waals surface area contributed by atoms with Crippen LogP contribution < -0.4 is 0 Å². The quantitative estimate of drug-likeness (QED) is 0.669. The van der Waals surface area contributed by atoms with Gasteiger partial charge in [0.25, 0.3) is 0 Å². The molecule has 0 aliphatic carbocycles. The zero-order valence-corrected chi connectivity index (χ0v) is 8.32. The monoisotopic (exact) mass is 190 g/mol. The molecule has 2 rings (SSSR count). The smallest absolute Gasteiger partial charge is 0.313 e. The van der Waals surface area contributed by atoms with Crippen LogP contribution in [0.25, 0.3) is 0 Å². The number of rotatable bonds is 2. The second kappa shape index (κ2) is 3.82. The average Bonchev–Trinajstić information content (AvgIpc) is 2.65. The summed E-state index contributed by atoms with van der Waals surface area (Å²) in [6.07, 6.45) is 1.83. The van der Waals surface area contributed by atoms with Gasteiger partial charge in [0.1, 0.15) is 0 Å². The van der Waals surface area contributed by atoms with Crippen molar-refractivity contribution >= 4 is 5.97 Å². The molecule has 1 atom stereocenters. The number of esters is 1. The molecule has 0 saturated carbocycles. The van der Waals surface area contributed by atoms with Crippen LogP contribution in [0.2, 0.25) is 0 Å². The Morgan fingerprint density at radius 1 is 1.50 bits per heavy atom. The molecule has 1 heterocycles. The number of hydrogen-bond donors (Lipinski definition) is 0. The molecule has 1 saturated heterocycles. The molecule has 0 bridgehead atoms. The zero-order valence-electron chi connectivity index (χ0n) is 8.32. The molecule has 2 heteroatoms. The first-order chi connectivity index (χ1) is 6.81. The van der Waals surface area contributed by atoms with E-state index in [9.17, 15) is 4.79 Å². The minimum atomic E-state index is -0.0711. The predicted molar refractivity (Wildman–Crippen MR) is 54.1 cm³/mol. The van der Waals surface area contributed by atoms with E-state index in [1.165, 1.54) is 5.56 Å². The Labute approximate surface area is 83.9 Å². The molecule has 0 spiro atoms. The van der Waals surface area contributed by atoms with Gasteiger partial charge < -0.3 is 4.74 Å². The lowest BCUT2D eigenvalue weighted by molar-refractivity contribution is -0.139. The number of cyclic esters (lactones) is 1. The van der Waals surface area contributed by atoms with E-state index < -0.39 is 0 Å². The SMILES string of the molecule is CCc1cccc(C2CCOC2=O)c1. The van der Waals surface area contributed by atoms with Crippen LogP contribution in [0.1, 0.15) is 30.4 Å². The first kappa shape index (κ1) is 9.25. The lowest BCUT2D eigenvalue weighted by atomic mass is 9.96. The molecule has 0 amide bonds. The molecule has 1 aromatic rings. The van der Waals surface area contributed by atoms with Crippen LogP contribution in [-0.2, 0) is 16.0 Å². The molecule has 1 fully saturated rings. The Morgan fingerprint density at radius 2 is 2.36 bits per heavy atom. The normalized spacial score (nSPS) is 20.9. The van der Waals surface area contributed by atoms with Crippen LogP contribution in [0.3, 0.4) is 0 Å². The molecule has 1 unspecified atom stereocenters. The van der Waals surface area contributed by atoms with Gasteiger partial charge in [-0.05, 0) is 24.0 Å². The van der Waals surface area contributed by atoms with Crippen molar-refractivity contribution in [3.63, 3.8) is 0 Å². The van der Waals surface area contributed by atoms with E-state index in [0.717, 1.165) is 18.4 Å². The molecular formula is C12H14O2. The molecule has 2 nitrogen and oxygen atoms in total. The van der Waals surface area contributed by atoms with Gasteiger partial charge in [-0.2, -0.15) is 0 Å². The van der Waals surface area contributed by atoms with Gasteiger partial charge in [-0.1, -0.05) is 31.2 Å². The number of aryl methyl sites for hydroxylation is 1. The maximum Gasteiger partial charge on any atom is 0.313 e. The standard InChI is InChI=1S/C12H14O2/c1-2-9-4-3-5-10(8-9)11-6-7-14-12(11)13/h3-5,8,11H,2,6-7H2,1H3. The largest absolute Gasteiger partial charge is 0.465 e. The summed E-state index contributed by atoms with van der Waals surface area (Å²) in [6.45, 7) is 2.69. The summed E-state index contributed by atoms with van der Waals surface area (Å²) in [5, 5.41) is 0. The van der Waals surface area contributed by atoms with Crippen molar-refractivity contribution in [3.05, 3.63) is 35.4 Å². The lowest BCUT2D eigenvalue weighted by Gasteiger charge is -2.07. The highest BCUT2D eigenvalue weighted by molar-refractivity contribution is 5.79. The fraction of sp³-hybridized carbons (Fsp3) is 0.417. The van der Waals surface area contributed by atoms with E-state index in [4.69, 9.17) is 4.74 Å². The van der Waals surface area contributed by atoms with Gasteiger partial charge in [-0.15, -0.1) is 0 Å². The van der Waals surface area contributed by atoms with E-state index in [2.05, 4.69) is 19.1 Å². The highest BCUT2D eigenvalue weighted by Crippen LogP contribution is 2.26. The van der Waals surface area contributed by atoms with Crippen LogP contribution in [0.15, 0.2) is 24.3 Å². The van der Waals surface area contributed by atoms with Gasteiger partial charge in [-0.25, -0.2) is 0 Å². The minimum Gasteiger partial charge on any atom is -0.465 e. The molecular weight excluding hydrogens is 176 g/mol. The summed E-state index contributed by atoms with van der Waals surface area (Å²) >= 11 is 0. The van der Waals surface area contributed by atoms with Crippen LogP contribution in [0, 0.1) is 0 Å². The number of carbonyl (C=O) groups is 1. The van der Waals surface area contributed by atoms with Crippen molar-refractivity contribution < 1.29 is 9.53 Å². The van der Waals surface area contributed by atoms with Crippen molar-refractivity contribution in [3.8, 4) is 0 Å². The molecule has 0 N–H and O–H groups in total. The van der Waals surface area contributed by atoms with E-state index in [1.54, 1.807) is 0 Å². The highest BCUT2D eigenvalue weighted by atomic mass is 16.5. The first-order valence-corrected chi connectivity index (χ1v) is 5.06. The van der Waals surface area contributed by atoms with Crippen molar-refractivity contribution in [2.75, 3.05) is 6.61 Å². The third kappa shape index (κ3) is 1.65. The lowest BCUT2D eigenvalue weighted by Crippen LogP contribution is -2.05. The second-order valence-corrected chi connectivity index (χ2v) is 3.61. The third-order valence-corrected chi connectivity index (χ3v) is 2.70. The summed E-state index contributed by atoms with van der Waals surface area (Å²) < 4.78 is 4.95. The summed E-state index contributed by atoms with van der Waals surface area (Å²) in [5.41, 5.74) is 2.38. The maximum atomic E-state index is 11.4. The Bertz CT molecular complexity index is 344. The fourth-order valence-corrected chi connectivity index (χ4v) is 1.83. The Balaban J connectivity index is 2.26. The van der Waals surface area contributed by atoms with Crippen LogP contribution in [-0.4, -0.2) is 12.6 Å². The second-order valence-electron chi connectivity index (χ2n) is 3.61. The molecule has 1 aromatic carbocycles. The maximum absolute atomic E-state index is 11.4. The van der Waals surface area contributed by atoms with Crippen molar-refractivity contribution in [2.45, 2.75) is 25.7 Å². The zero-order chi connectivity index (χ0) is 9.97. The van der Waals surface area contributed by atoms with E-state index in [0.29, 0.717) is 6.61 Å². The Kier molecular flexibility index (Phi) is 2.53. The van der Waals surface area contributed by atoms with Crippen molar-refractivity contribution in [1.82, 2.24) is 0 Å². The van der Waals surface area contributed by atoms with Gasteiger partial charge in [0.05, 0.1) is 12.5 Å². The number of benzene rings is 1. The van der Waals surface area contributed by atoms with Crippen LogP contribution in [0.4, 0.5) is 0 Å². The summed E-state index contributed by atoms with van der Waals surface area (Å²) in [4.78, 5) is 11.4. The third-order valence-electron chi connectivity index (χ3n) is 2.70. The van der Waals surface area contributed by atoms with E-state index in [1.807, 2.05) is 12.1 Å². The first-order valence-electron chi connectivity index (χ1n) is 5.06. The Morgan fingerprint density at radius 3 is 3.00 bits per heavy atom. The molecule has 74 valence electrons. The van der Waals surface area contributed by atoms with Crippen LogP contribution >= 0.6 is 0 Å². The summed E-state index contributed by atoms with van der Waals surface area (Å²) in [5.74, 6) is -0.0975. The number of hydrogen-bond acceptors (Lipinski definition) is 2. The van der Waals surface area contributed by atoms with Crippen molar-refractivity contribution in [2.24, 2.45) is 0 Å². The molecule has 1 aliphatic rings. The van der Waals surface area contributed by atoms with Gasteiger partial charge in [0, 0.05) is 0 Å². The molecule has 0 aromatic heterocycles. The summed E-state index contributed by atoms with van der Waals surface area (Å²) in [7, 11) is 0. The van der Waals surface area contributed by atoms with Crippen LogP contribution in [0.5, 0.6) is 0 Å². The Hall–Kier alpha value is -1.31. The topological polar surface area (TPSA) is 26.3 Å². The van der Waals surface area contributed by atoms with Gasteiger partial charge in [0.2, 0.25) is 0 Å². The van der Waals surface area contributed by atoms with E-state index >= 15 is 0 Å². The number of ether oxygens (including phenoxy) is 1. The highest BCUT2D eigenvalue weighted by Gasteiger charge is 2.27. The fourth-order valence-electron chi connectivity index (χ4n) is 1.83.